The Morgan fingerprint density at radius 2 is 1.86 bits per heavy atom. The summed E-state index contributed by atoms with van der Waals surface area (Å²) in [5.74, 6) is -2.10. The Balaban J connectivity index is 1.63. The third-order valence-corrected chi connectivity index (χ3v) is 5.35. The van der Waals surface area contributed by atoms with Gasteiger partial charge in [0, 0.05) is 5.69 Å². The fourth-order valence-electron chi connectivity index (χ4n) is 4.08. The molecule has 0 radical (unpaired) electrons. The van der Waals surface area contributed by atoms with Crippen LogP contribution in [0.2, 0.25) is 0 Å². The van der Waals surface area contributed by atoms with Crippen molar-refractivity contribution < 1.29 is 32.0 Å². The molecule has 1 amide bonds. The van der Waals surface area contributed by atoms with Gasteiger partial charge in [-0.3, -0.25) is 4.79 Å². The van der Waals surface area contributed by atoms with Crippen molar-refractivity contribution in [1.82, 2.24) is 0 Å². The van der Waals surface area contributed by atoms with E-state index in [1.54, 1.807) is 12.1 Å². The minimum absolute atomic E-state index is 0.221. The van der Waals surface area contributed by atoms with Crippen molar-refractivity contribution in [1.29, 1.82) is 0 Å². The molecule has 1 saturated carbocycles. The molecule has 2 aliphatic rings. The number of anilines is 1. The van der Waals surface area contributed by atoms with E-state index in [4.69, 9.17) is 4.65 Å². The molecule has 0 unspecified atom stereocenters. The fourth-order valence-corrected chi connectivity index (χ4v) is 4.08. The molecule has 0 atom stereocenters. The normalized spacial score (nSPS) is 17.8. The number of nitrogens with one attached hydrogen (secondary N) is 1. The van der Waals surface area contributed by atoms with Crippen molar-refractivity contribution in [2.45, 2.75) is 37.5 Å². The van der Waals surface area contributed by atoms with E-state index in [0.29, 0.717) is 11.5 Å². The van der Waals surface area contributed by atoms with E-state index >= 15 is 0 Å². The predicted molar refractivity (Wildman–Crippen MR) is 94.6 cm³/mol. The average molecular weight is 393 g/mol. The highest BCUT2D eigenvalue weighted by molar-refractivity contribution is 6.62. The van der Waals surface area contributed by atoms with Gasteiger partial charge in [0.05, 0.1) is 16.7 Å². The van der Waals surface area contributed by atoms with Crippen LogP contribution in [0.4, 0.5) is 23.2 Å². The Labute approximate surface area is 158 Å². The largest absolute Gasteiger partial charge is 0.492 e. The second-order valence-electron chi connectivity index (χ2n) is 7.12. The number of rotatable bonds is 2. The standard InChI is InChI=1S/C19H16BF4NO3/c21-11-3-5-13(15(9-11)19(22,23)24)17(26)25-12-4-6-14-16(10-12)20(27)28-18(14)7-1-2-8-18/h3-6,9-10,27H,1-2,7-8H2,(H,25,26). The molecule has 2 N–H and O–H groups in total. The van der Waals surface area contributed by atoms with Crippen LogP contribution >= 0.6 is 0 Å². The van der Waals surface area contributed by atoms with Crippen molar-refractivity contribution in [3.8, 4) is 0 Å². The highest BCUT2D eigenvalue weighted by atomic mass is 19.4. The van der Waals surface area contributed by atoms with E-state index in [1.165, 1.54) is 6.07 Å². The van der Waals surface area contributed by atoms with E-state index < -0.39 is 41.7 Å². The number of hydrogen-bond acceptors (Lipinski definition) is 3. The van der Waals surface area contributed by atoms with Gasteiger partial charge in [-0.05, 0) is 54.2 Å². The van der Waals surface area contributed by atoms with Crippen LogP contribution in [0.3, 0.4) is 0 Å². The molecule has 0 aromatic heterocycles. The van der Waals surface area contributed by atoms with E-state index in [-0.39, 0.29) is 5.69 Å². The lowest BCUT2D eigenvalue weighted by atomic mass is 9.77. The molecule has 146 valence electrons. The van der Waals surface area contributed by atoms with Crippen molar-refractivity contribution in [2.24, 2.45) is 0 Å². The molecular formula is C19H16BF4NO3. The molecule has 1 aliphatic carbocycles. The quantitative estimate of drug-likeness (QED) is 0.606. The zero-order valence-corrected chi connectivity index (χ0v) is 14.6. The number of halogens is 4. The molecule has 1 fully saturated rings. The van der Waals surface area contributed by atoms with Gasteiger partial charge in [-0.25, -0.2) is 4.39 Å². The third-order valence-electron chi connectivity index (χ3n) is 5.35. The second-order valence-corrected chi connectivity index (χ2v) is 7.12. The van der Waals surface area contributed by atoms with Crippen LogP contribution in [0.25, 0.3) is 0 Å². The van der Waals surface area contributed by atoms with Crippen LogP contribution in [0.1, 0.15) is 47.2 Å². The number of fused-ring (bicyclic) bond motifs is 2. The summed E-state index contributed by atoms with van der Waals surface area (Å²) in [6.45, 7) is 0. The fraction of sp³-hybridized carbons (Fsp3) is 0.316. The van der Waals surface area contributed by atoms with Gasteiger partial charge < -0.3 is 15.0 Å². The monoisotopic (exact) mass is 393 g/mol. The minimum Gasteiger partial charge on any atom is -0.423 e. The van der Waals surface area contributed by atoms with E-state index in [0.717, 1.165) is 43.4 Å². The van der Waals surface area contributed by atoms with Crippen molar-refractivity contribution in [3.05, 3.63) is 58.9 Å². The van der Waals surface area contributed by atoms with Crippen LogP contribution in [-0.4, -0.2) is 18.0 Å². The second kappa shape index (κ2) is 6.60. The molecule has 1 aliphatic heterocycles. The maximum Gasteiger partial charge on any atom is 0.492 e. The average Bonchev–Trinajstić information content (AvgIpc) is 3.20. The minimum atomic E-state index is -4.87. The Morgan fingerprint density at radius 3 is 2.54 bits per heavy atom. The maximum absolute atomic E-state index is 13.2. The predicted octanol–water partition coefficient (Wildman–Crippen LogP) is 3.58. The summed E-state index contributed by atoms with van der Waals surface area (Å²) in [6, 6.07) is 6.68. The lowest BCUT2D eigenvalue weighted by Crippen LogP contribution is -2.29. The Kier molecular flexibility index (Phi) is 4.47. The smallest absolute Gasteiger partial charge is 0.423 e. The molecular weight excluding hydrogens is 377 g/mol. The molecule has 28 heavy (non-hydrogen) atoms. The van der Waals surface area contributed by atoms with Crippen molar-refractivity contribution in [3.63, 3.8) is 0 Å². The van der Waals surface area contributed by atoms with Gasteiger partial charge in [-0.2, -0.15) is 13.2 Å². The molecule has 0 bridgehead atoms. The summed E-state index contributed by atoms with van der Waals surface area (Å²) < 4.78 is 58.4. The van der Waals surface area contributed by atoms with Gasteiger partial charge in [-0.1, -0.05) is 18.9 Å². The van der Waals surface area contributed by atoms with Gasteiger partial charge >= 0.3 is 13.3 Å². The summed E-state index contributed by atoms with van der Waals surface area (Å²) in [6.07, 6.45) is -1.34. The highest BCUT2D eigenvalue weighted by Gasteiger charge is 2.48. The molecule has 0 saturated heterocycles. The third kappa shape index (κ3) is 3.18. The zero-order valence-electron chi connectivity index (χ0n) is 14.6. The summed E-state index contributed by atoms with van der Waals surface area (Å²) in [7, 11) is -1.15. The number of amides is 1. The van der Waals surface area contributed by atoms with Gasteiger partial charge in [-0.15, -0.1) is 0 Å². The summed E-state index contributed by atoms with van der Waals surface area (Å²) >= 11 is 0. The molecule has 4 rings (SSSR count). The Hall–Kier alpha value is -2.39. The van der Waals surface area contributed by atoms with E-state index in [9.17, 15) is 27.4 Å². The molecule has 1 spiro atoms. The Bertz CT molecular complexity index is 941. The number of carbonyl (C=O) groups is 1. The van der Waals surface area contributed by atoms with Crippen LogP contribution in [-0.2, 0) is 16.4 Å². The number of hydrogen-bond donors (Lipinski definition) is 2. The highest BCUT2D eigenvalue weighted by Crippen LogP contribution is 2.45. The molecule has 9 heteroatoms. The zero-order chi connectivity index (χ0) is 20.1. The lowest BCUT2D eigenvalue weighted by Gasteiger charge is -2.25. The lowest BCUT2D eigenvalue weighted by molar-refractivity contribution is -0.138. The van der Waals surface area contributed by atoms with Gasteiger partial charge in [0.2, 0.25) is 0 Å². The Morgan fingerprint density at radius 1 is 1.14 bits per heavy atom. The maximum atomic E-state index is 13.2. The van der Waals surface area contributed by atoms with Crippen molar-refractivity contribution in [2.75, 3.05) is 5.32 Å². The summed E-state index contributed by atoms with van der Waals surface area (Å²) in [5.41, 5.74) is -1.00. The first-order valence-electron chi connectivity index (χ1n) is 8.88. The van der Waals surface area contributed by atoms with Crippen LogP contribution in [0.5, 0.6) is 0 Å². The SMILES string of the molecule is O=C(Nc1ccc2c(c1)B(O)OC21CCCC1)c1ccc(F)cc1C(F)(F)F. The number of alkyl halides is 3. The number of carbonyl (C=O) groups excluding carboxylic acids is 1. The van der Waals surface area contributed by atoms with Crippen LogP contribution < -0.4 is 10.8 Å². The van der Waals surface area contributed by atoms with E-state index in [2.05, 4.69) is 5.32 Å². The molecule has 4 nitrogen and oxygen atoms in total. The first kappa shape index (κ1) is 19.0. The van der Waals surface area contributed by atoms with Gasteiger partial charge in [0.1, 0.15) is 5.82 Å². The first-order valence-corrected chi connectivity index (χ1v) is 8.88. The topological polar surface area (TPSA) is 58.6 Å². The number of benzene rings is 2. The summed E-state index contributed by atoms with van der Waals surface area (Å²) in [5, 5.41) is 12.6. The summed E-state index contributed by atoms with van der Waals surface area (Å²) in [4.78, 5) is 12.4. The molecule has 2 aromatic carbocycles. The molecule has 1 heterocycles. The van der Waals surface area contributed by atoms with Crippen LogP contribution in [0, 0.1) is 5.82 Å². The van der Waals surface area contributed by atoms with Crippen LogP contribution in [0.15, 0.2) is 36.4 Å². The van der Waals surface area contributed by atoms with E-state index in [1.807, 2.05) is 0 Å². The molecule has 2 aromatic rings. The first-order chi connectivity index (χ1) is 13.2. The van der Waals surface area contributed by atoms with Crippen molar-refractivity contribution >= 4 is 24.2 Å². The van der Waals surface area contributed by atoms with Gasteiger partial charge in [0.15, 0.2) is 0 Å². The van der Waals surface area contributed by atoms with Gasteiger partial charge in [0.25, 0.3) is 5.91 Å².